The molecule has 30 heavy (non-hydrogen) atoms. The van der Waals surface area contributed by atoms with Crippen molar-refractivity contribution >= 4 is 39.3 Å². The molecular formula is C25H25N3O2. The minimum atomic E-state index is -0.439. The number of anilines is 1. The molecule has 2 amide bonds. The third kappa shape index (κ3) is 3.43. The molecule has 0 atom stereocenters. The van der Waals surface area contributed by atoms with Gasteiger partial charge in [0.05, 0.1) is 12.1 Å². The van der Waals surface area contributed by atoms with Crippen LogP contribution in [0.5, 0.6) is 0 Å². The van der Waals surface area contributed by atoms with E-state index in [1.165, 1.54) is 12.5 Å². The van der Waals surface area contributed by atoms with Gasteiger partial charge < -0.3 is 15.6 Å². The summed E-state index contributed by atoms with van der Waals surface area (Å²) in [5.74, 6) is -0.169. The molecule has 4 rings (SSSR count). The molecule has 0 aliphatic heterocycles. The van der Waals surface area contributed by atoms with Gasteiger partial charge in [-0.1, -0.05) is 50.2 Å². The summed E-state index contributed by atoms with van der Waals surface area (Å²) in [6.45, 7) is 6.38. The second-order valence-electron chi connectivity index (χ2n) is 7.92. The number of hydrogen-bond donors (Lipinski definition) is 2. The van der Waals surface area contributed by atoms with Gasteiger partial charge >= 0.3 is 0 Å². The van der Waals surface area contributed by atoms with Crippen LogP contribution in [0.2, 0.25) is 0 Å². The summed E-state index contributed by atoms with van der Waals surface area (Å²) in [6, 6.07) is 19.8. The van der Waals surface area contributed by atoms with E-state index in [-0.39, 0.29) is 5.91 Å². The lowest BCUT2D eigenvalue weighted by atomic mass is 10.00. The maximum absolute atomic E-state index is 12.1. The Morgan fingerprint density at radius 2 is 1.77 bits per heavy atom. The second kappa shape index (κ2) is 7.67. The van der Waals surface area contributed by atoms with Crippen LogP contribution >= 0.6 is 0 Å². The molecule has 3 aromatic carbocycles. The number of primary amides is 1. The van der Waals surface area contributed by atoms with Crippen LogP contribution in [0, 0.1) is 0 Å². The molecule has 3 N–H and O–H groups in total. The number of fused-ring (bicyclic) bond motifs is 3. The van der Waals surface area contributed by atoms with Crippen molar-refractivity contribution in [2.75, 3.05) is 5.32 Å². The van der Waals surface area contributed by atoms with Gasteiger partial charge in [0.25, 0.3) is 0 Å². The number of nitrogens with one attached hydrogen (secondary N) is 1. The number of rotatable bonds is 5. The fourth-order valence-corrected chi connectivity index (χ4v) is 4.04. The average Bonchev–Trinajstić information content (AvgIpc) is 3.02. The lowest BCUT2D eigenvalue weighted by molar-refractivity contribution is -0.114. The van der Waals surface area contributed by atoms with E-state index in [0.717, 1.165) is 33.1 Å². The van der Waals surface area contributed by atoms with Crippen LogP contribution in [-0.4, -0.2) is 16.4 Å². The van der Waals surface area contributed by atoms with Gasteiger partial charge in [0.1, 0.15) is 0 Å². The molecule has 0 bridgehead atoms. The number of carbonyl (C=O) groups excluding carboxylic acids is 2. The zero-order chi connectivity index (χ0) is 21.4. The van der Waals surface area contributed by atoms with Crippen molar-refractivity contribution in [3.8, 4) is 0 Å². The van der Waals surface area contributed by atoms with Crippen molar-refractivity contribution in [1.29, 1.82) is 0 Å². The van der Waals surface area contributed by atoms with E-state index in [2.05, 4.69) is 41.9 Å². The fourth-order valence-electron chi connectivity index (χ4n) is 4.04. The lowest BCUT2D eigenvalue weighted by Gasteiger charge is -2.14. The van der Waals surface area contributed by atoms with E-state index in [0.29, 0.717) is 18.0 Å². The largest absolute Gasteiger partial charge is 0.366 e. The highest BCUT2D eigenvalue weighted by Crippen LogP contribution is 2.34. The molecule has 0 aliphatic rings. The van der Waals surface area contributed by atoms with Crippen LogP contribution in [-0.2, 0) is 11.3 Å². The Bertz CT molecular complexity index is 1280. The predicted octanol–water partition coefficient (Wildman–Crippen LogP) is 5.02. The van der Waals surface area contributed by atoms with E-state index in [9.17, 15) is 9.59 Å². The summed E-state index contributed by atoms with van der Waals surface area (Å²) < 4.78 is 2.20. The van der Waals surface area contributed by atoms with E-state index in [4.69, 9.17) is 5.73 Å². The average molecular weight is 399 g/mol. The maximum Gasteiger partial charge on any atom is 0.249 e. The number of nitrogens with zero attached hydrogens (tertiary/aromatic N) is 1. The van der Waals surface area contributed by atoms with Crippen LogP contribution in [0.1, 0.15) is 48.2 Å². The SMILES string of the molecule is CC(=O)Nc1ccccc1Cn1c2cc(C(C)C)ccc2c2c(C(N)=O)cccc21. The Hall–Kier alpha value is -3.60. The number of aromatic nitrogens is 1. The van der Waals surface area contributed by atoms with Crippen LogP contribution in [0.15, 0.2) is 60.7 Å². The van der Waals surface area contributed by atoms with E-state index in [1.807, 2.05) is 36.4 Å². The number of amides is 2. The Labute approximate surface area is 175 Å². The summed E-state index contributed by atoms with van der Waals surface area (Å²) in [4.78, 5) is 23.8. The minimum Gasteiger partial charge on any atom is -0.366 e. The second-order valence-corrected chi connectivity index (χ2v) is 7.92. The van der Waals surface area contributed by atoms with Crippen molar-refractivity contribution in [1.82, 2.24) is 4.57 Å². The number of para-hydroxylation sites is 1. The van der Waals surface area contributed by atoms with Crippen molar-refractivity contribution in [3.63, 3.8) is 0 Å². The Kier molecular flexibility index (Phi) is 5.04. The third-order valence-electron chi connectivity index (χ3n) is 5.50. The zero-order valence-corrected chi connectivity index (χ0v) is 17.4. The normalized spacial score (nSPS) is 11.3. The van der Waals surface area contributed by atoms with Gasteiger partial charge in [-0.3, -0.25) is 9.59 Å². The molecule has 0 unspecified atom stereocenters. The molecule has 152 valence electrons. The first-order valence-corrected chi connectivity index (χ1v) is 10.1. The molecule has 4 aromatic rings. The zero-order valence-electron chi connectivity index (χ0n) is 17.4. The molecule has 0 saturated heterocycles. The first-order valence-electron chi connectivity index (χ1n) is 10.1. The number of nitrogens with two attached hydrogens (primary N) is 1. The van der Waals surface area contributed by atoms with Crippen LogP contribution in [0.4, 0.5) is 5.69 Å². The van der Waals surface area contributed by atoms with Gasteiger partial charge in [0, 0.05) is 34.5 Å². The topological polar surface area (TPSA) is 77.1 Å². The number of carbonyl (C=O) groups is 2. The van der Waals surface area contributed by atoms with Gasteiger partial charge in [0.15, 0.2) is 0 Å². The van der Waals surface area contributed by atoms with Gasteiger partial charge in [-0.05, 0) is 41.3 Å². The summed E-state index contributed by atoms with van der Waals surface area (Å²) in [5.41, 5.74) is 11.2. The Morgan fingerprint density at radius 1 is 1.00 bits per heavy atom. The highest BCUT2D eigenvalue weighted by atomic mass is 16.1. The quantitative estimate of drug-likeness (QED) is 0.494. The van der Waals surface area contributed by atoms with Gasteiger partial charge in [0.2, 0.25) is 11.8 Å². The Balaban J connectivity index is 2.01. The lowest BCUT2D eigenvalue weighted by Crippen LogP contribution is -2.11. The monoisotopic (exact) mass is 399 g/mol. The van der Waals surface area contributed by atoms with Crippen LogP contribution in [0.25, 0.3) is 21.8 Å². The molecule has 0 saturated carbocycles. The standard InChI is InChI=1S/C25H25N3O2/c1-15(2)17-11-12-19-23(13-17)28(22-10-6-8-20(24(19)22)25(26)30)14-18-7-4-5-9-21(18)27-16(3)29/h4-13,15H,14H2,1-3H3,(H2,26,30)(H,27,29). The minimum absolute atomic E-state index is 0.109. The molecule has 0 fully saturated rings. The molecule has 5 heteroatoms. The summed E-state index contributed by atoms with van der Waals surface area (Å²) in [5, 5.41) is 4.78. The van der Waals surface area contributed by atoms with E-state index < -0.39 is 5.91 Å². The molecule has 0 spiro atoms. The van der Waals surface area contributed by atoms with Crippen molar-refractivity contribution in [3.05, 3.63) is 77.4 Å². The van der Waals surface area contributed by atoms with Crippen molar-refractivity contribution in [2.45, 2.75) is 33.2 Å². The molecular weight excluding hydrogens is 374 g/mol. The van der Waals surface area contributed by atoms with E-state index in [1.54, 1.807) is 6.07 Å². The van der Waals surface area contributed by atoms with Crippen LogP contribution in [0.3, 0.4) is 0 Å². The highest BCUT2D eigenvalue weighted by molar-refractivity contribution is 6.18. The first kappa shape index (κ1) is 19.7. The molecule has 5 nitrogen and oxygen atoms in total. The summed E-state index contributed by atoms with van der Waals surface area (Å²) in [6.07, 6.45) is 0. The number of benzene rings is 3. The summed E-state index contributed by atoms with van der Waals surface area (Å²) in [7, 11) is 0. The smallest absolute Gasteiger partial charge is 0.249 e. The predicted molar refractivity (Wildman–Crippen MR) is 122 cm³/mol. The first-order chi connectivity index (χ1) is 14.4. The van der Waals surface area contributed by atoms with Crippen LogP contribution < -0.4 is 11.1 Å². The van der Waals surface area contributed by atoms with Gasteiger partial charge in [-0.2, -0.15) is 0 Å². The maximum atomic E-state index is 12.1. The molecule has 0 aliphatic carbocycles. The fraction of sp³-hybridized carbons (Fsp3) is 0.200. The molecule has 1 aromatic heterocycles. The van der Waals surface area contributed by atoms with E-state index >= 15 is 0 Å². The number of hydrogen-bond acceptors (Lipinski definition) is 2. The highest BCUT2D eigenvalue weighted by Gasteiger charge is 2.18. The van der Waals surface area contributed by atoms with Gasteiger partial charge in [-0.25, -0.2) is 0 Å². The van der Waals surface area contributed by atoms with Gasteiger partial charge in [-0.15, -0.1) is 0 Å². The Morgan fingerprint density at radius 3 is 2.47 bits per heavy atom. The summed E-state index contributed by atoms with van der Waals surface area (Å²) >= 11 is 0. The molecule has 1 heterocycles. The van der Waals surface area contributed by atoms with Crippen molar-refractivity contribution in [2.24, 2.45) is 5.73 Å². The third-order valence-corrected chi connectivity index (χ3v) is 5.50. The molecule has 0 radical (unpaired) electrons. The van der Waals surface area contributed by atoms with Crippen molar-refractivity contribution < 1.29 is 9.59 Å².